The highest BCUT2D eigenvalue weighted by atomic mass is 16.6. The van der Waals surface area contributed by atoms with Gasteiger partial charge in [0, 0.05) is 31.9 Å². The number of rotatable bonds is 6. The van der Waals surface area contributed by atoms with E-state index in [9.17, 15) is 4.79 Å². The minimum absolute atomic E-state index is 0.215. The van der Waals surface area contributed by atoms with Gasteiger partial charge in [0.15, 0.2) is 0 Å². The van der Waals surface area contributed by atoms with Crippen LogP contribution in [0.25, 0.3) is 0 Å². The zero-order chi connectivity index (χ0) is 16.7. The molecule has 7 nitrogen and oxygen atoms in total. The van der Waals surface area contributed by atoms with Crippen LogP contribution in [0.15, 0.2) is 12.3 Å². The maximum atomic E-state index is 11.7. The van der Waals surface area contributed by atoms with Gasteiger partial charge in [0.1, 0.15) is 5.82 Å². The molecular weight excluding hydrogens is 294 g/mol. The van der Waals surface area contributed by atoms with Crippen molar-refractivity contribution >= 4 is 17.9 Å². The Kier molecular flexibility index (Phi) is 6.43. The van der Waals surface area contributed by atoms with Crippen LogP contribution >= 0.6 is 0 Å². The van der Waals surface area contributed by atoms with E-state index in [1.807, 2.05) is 13.0 Å². The molecule has 0 aliphatic carbocycles. The van der Waals surface area contributed by atoms with E-state index in [1.54, 1.807) is 11.1 Å². The van der Waals surface area contributed by atoms with Crippen molar-refractivity contribution in [2.45, 2.75) is 39.7 Å². The zero-order valence-corrected chi connectivity index (χ0v) is 14.2. The Balaban J connectivity index is 1.82. The van der Waals surface area contributed by atoms with Crippen molar-refractivity contribution in [2.24, 2.45) is 5.92 Å². The number of piperidine rings is 1. The van der Waals surface area contributed by atoms with Crippen LogP contribution in [0.3, 0.4) is 0 Å². The number of anilines is 2. The van der Waals surface area contributed by atoms with E-state index >= 15 is 0 Å². The van der Waals surface area contributed by atoms with Crippen molar-refractivity contribution in [1.82, 2.24) is 14.9 Å². The standard InChI is InChI=1S/C16H27N5O2/c1-4-23-16(22)21-9-6-13(7-10-21)19-14-5-8-17-15(20-14)18-11-12(2)3/h5,8,12-13H,4,6-7,9-11H2,1-3H3,(H2,17,18,19,20). The van der Waals surface area contributed by atoms with E-state index in [2.05, 4.69) is 34.4 Å². The van der Waals surface area contributed by atoms with Gasteiger partial charge in [0.05, 0.1) is 6.61 Å². The van der Waals surface area contributed by atoms with Crippen molar-refractivity contribution in [3.05, 3.63) is 12.3 Å². The third-order valence-electron chi connectivity index (χ3n) is 3.70. The molecule has 0 spiro atoms. The van der Waals surface area contributed by atoms with E-state index in [1.165, 1.54) is 0 Å². The topological polar surface area (TPSA) is 79.4 Å². The minimum atomic E-state index is -0.215. The first-order chi connectivity index (χ1) is 11.1. The molecule has 1 aliphatic rings. The van der Waals surface area contributed by atoms with Crippen molar-refractivity contribution in [1.29, 1.82) is 0 Å². The fourth-order valence-electron chi connectivity index (χ4n) is 2.45. The molecule has 2 heterocycles. The first kappa shape index (κ1) is 17.3. The first-order valence-corrected chi connectivity index (χ1v) is 8.33. The molecule has 1 aromatic heterocycles. The van der Waals surface area contributed by atoms with Crippen molar-refractivity contribution < 1.29 is 9.53 Å². The number of amides is 1. The molecule has 128 valence electrons. The van der Waals surface area contributed by atoms with Crippen molar-refractivity contribution in [3.63, 3.8) is 0 Å². The molecule has 0 saturated carbocycles. The Morgan fingerprint density at radius 2 is 2.17 bits per heavy atom. The van der Waals surface area contributed by atoms with Gasteiger partial charge in [0.25, 0.3) is 0 Å². The minimum Gasteiger partial charge on any atom is -0.450 e. The molecule has 0 unspecified atom stereocenters. The molecule has 1 aromatic rings. The molecule has 2 N–H and O–H groups in total. The summed E-state index contributed by atoms with van der Waals surface area (Å²) in [5.74, 6) is 2.01. The Hall–Kier alpha value is -2.05. The van der Waals surface area contributed by atoms with Crippen LogP contribution in [0.5, 0.6) is 0 Å². The third-order valence-corrected chi connectivity index (χ3v) is 3.70. The highest BCUT2D eigenvalue weighted by Crippen LogP contribution is 2.16. The first-order valence-electron chi connectivity index (χ1n) is 8.33. The number of carbonyl (C=O) groups excluding carboxylic acids is 1. The van der Waals surface area contributed by atoms with E-state index < -0.39 is 0 Å². The van der Waals surface area contributed by atoms with Gasteiger partial charge in [-0.2, -0.15) is 4.98 Å². The third kappa shape index (κ3) is 5.58. The summed E-state index contributed by atoms with van der Waals surface area (Å²) in [6, 6.07) is 2.19. The summed E-state index contributed by atoms with van der Waals surface area (Å²) in [4.78, 5) is 22.2. The lowest BCUT2D eigenvalue weighted by molar-refractivity contribution is 0.0983. The monoisotopic (exact) mass is 321 g/mol. The van der Waals surface area contributed by atoms with Crippen LogP contribution in [0.1, 0.15) is 33.6 Å². The van der Waals surface area contributed by atoms with Crippen LogP contribution < -0.4 is 10.6 Å². The lowest BCUT2D eigenvalue weighted by Gasteiger charge is -2.31. The molecule has 23 heavy (non-hydrogen) atoms. The molecular formula is C16H27N5O2. The van der Waals surface area contributed by atoms with Crippen LogP contribution in [-0.2, 0) is 4.74 Å². The molecule has 1 saturated heterocycles. The zero-order valence-electron chi connectivity index (χ0n) is 14.2. The summed E-state index contributed by atoms with van der Waals surface area (Å²) in [7, 11) is 0. The Morgan fingerprint density at radius 1 is 1.43 bits per heavy atom. The summed E-state index contributed by atoms with van der Waals surface area (Å²) >= 11 is 0. The van der Waals surface area contributed by atoms with Gasteiger partial charge in [-0.1, -0.05) is 13.8 Å². The molecule has 7 heteroatoms. The number of nitrogens with one attached hydrogen (secondary N) is 2. The molecule has 0 bridgehead atoms. The number of likely N-dealkylation sites (tertiary alicyclic amines) is 1. The highest BCUT2D eigenvalue weighted by molar-refractivity contribution is 5.67. The summed E-state index contributed by atoms with van der Waals surface area (Å²) in [5, 5.41) is 6.66. The van der Waals surface area contributed by atoms with Crippen molar-refractivity contribution in [2.75, 3.05) is 36.9 Å². The molecule has 1 fully saturated rings. The number of ether oxygens (including phenoxy) is 1. The second-order valence-corrected chi connectivity index (χ2v) is 6.14. The van der Waals surface area contributed by atoms with E-state index in [0.29, 0.717) is 37.6 Å². The Morgan fingerprint density at radius 3 is 2.83 bits per heavy atom. The molecule has 1 aliphatic heterocycles. The fraction of sp³-hybridized carbons (Fsp3) is 0.688. The highest BCUT2D eigenvalue weighted by Gasteiger charge is 2.23. The maximum Gasteiger partial charge on any atom is 0.409 e. The van der Waals surface area contributed by atoms with E-state index in [-0.39, 0.29) is 6.09 Å². The predicted octanol–water partition coefficient (Wildman–Crippen LogP) is 2.58. The number of carbonyl (C=O) groups is 1. The second kappa shape index (κ2) is 8.55. The van der Waals surface area contributed by atoms with Gasteiger partial charge in [-0.25, -0.2) is 9.78 Å². The van der Waals surface area contributed by atoms with Gasteiger partial charge in [-0.05, 0) is 31.7 Å². The lowest BCUT2D eigenvalue weighted by atomic mass is 10.1. The maximum absolute atomic E-state index is 11.7. The number of hydrogen-bond acceptors (Lipinski definition) is 6. The summed E-state index contributed by atoms with van der Waals surface area (Å²) in [6.45, 7) is 8.80. The summed E-state index contributed by atoms with van der Waals surface area (Å²) in [5.41, 5.74) is 0. The molecule has 1 amide bonds. The molecule has 2 rings (SSSR count). The van der Waals surface area contributed by atoms with Gasteiger partial charge in [-0.15, -0.1) is 0 Å². The quantitative estimate of drug-likeness (QED) is 0.838. The Labute approximate surface area is 137 Å². The number of nitrogens with zero attached hydrogens (tertiary/aromatic N) is 3. The van der Waals surface area contributed by atoms with Crippen LogP contribution in [-0.4, -0.2) is 53.2 Å². The molecule has 0 atom stereocenters. The second-order valence-electron chi connectivity index (χ2n) is 6.14. The summed E-state index contributed by atoms with van der Waals surface area (Å²) < 4.78 is 5.03. The summed E-state index contributed by atoms with van der Waals surface area (Å²) in [6.07, 6.45) is 3.31. The van der Waals surface area contributed by atoms with Gasteiger partial charge in [-0.3, -0.25) is 0 Å². The van der Waals surface area contributed by atoms with Crippen molar-refractivity contribution in [3.8, 4) is 0 Å². The molecule has 0 radical (unpaired) electrons. The van der Waals surface area contributed by atoms with Gasteiger partial charge in [0.2, 0.25) is 5.95 Å². The van der Waals surface area contributed by atoms with Crippen LogP contribution in [0.4, 0.5) is 16.6 Å². The average Bonchev–Trinajstić information content (AvgIpc) is 2.54. The number of aromatic nitrogens is 2. The van der Waals surface area contributed by atoms with Crippen LogP contribution in [0.2, 0.25) is 0 Å². The normalized spacial score (nSPS) is 15.6. The SMILES string of the molecule is CCOC(=O)N1CCC(Nc2ccnc(NCC(C)C)n2)CC1. The average molecular weight is 321 g/mol. The Bertz CT molecular complexity index is 501. The largest absolute Gasteiger partial charge is 0.450 e. The van der Waals surface area contributed by atoms with E-state index in [0.717, 1.165) is 25.2 Å². The van der Waals surface area contributed by atoms with Crippen LogP contribution in [0, 0.1) is 5.92 Å². The van der Waals surface area contributed by atoms with Gasteiger partial charge < -0.3 is 20.3 Å². The smallest absolute Gasteiger partial charge is 0.409 e. The van der Waals surface area contributed by atoms with Gasteiger partial charge >= 0.3 is 6.09 Å². The number of hydrogen-bond donors (Lipinski definition) is 2. The predicted molar refractivity (Wildman–Crippen MR) is 90.6 cm³/mol. The lowest BCUT2D eigenvalue weighted by Crippen LogP contribution is -2.42. The van der Waals surface area contributed by atoms with E-state index in [4.69, 9.17) is 4.74 Å². The molecule has 0 aromatic carbocycles. The fourth-order valence-corrected chi connectivity index (χ4v) is 2.45.